The molecule has 0 heterocycles. The molecule has 0 saturated heterocycles. The zero-order valence-corrected chi connectivity index (χ0v) is 13.0. The Hall–Kier alpha value is -2.18. The van der Waals surface area contributed by atoms with Crippen LogP contribution in [0.1, 0.15) is 11.1 Å². The predicted molar refractivity (Wildman–Crippen MR) is 82.9 cm³/mol. The van der Waals surface area contributed by atoms with E-state index >= 15 is 0 Å². The van der Waals surface area contributed by atoms with E-state index in [0.29, 0.717) is 12.0 Å². The van der Waals surface area contributed by atoms with Crippen molar-refractivity contribution in [2.45, 2.75) is 11.3 Å². The Labute approximate surface area is 130 Å². The SMILES string of the molecule is COC(=O)CNS(=O)(=O)c1ccccc1Cc1ccccc1. The first-order valence-corrected chi connectivity index (χ1v) is 8.19. The topological polar surface area (TPSA) is 72.5 Å². The standard InChI is InChI=1S/C16H17NO4S/c1-21-16(18)12-17-22(19,20)15-10-6-5-9-14(15)11-13-7-3-2-4-8-13/h2-10,17H,11-12H2,1H3. The highest BCUT2D eigenvalue weighted by molar-refractivity contribution is 7.89. The average Bonchev–Trinajstić information content (AvgIpc) is 2.54. The Morgan fingerprint density at radius 2 is 1.68 bits per heavy atom. The van der Waals surface area contributed by atoms with Gasteiger partial charge in [0, 0.05) is 0 Å². The Morgan fingerprint density at radius 1 is 1.05 bits per heavy atom. The zero-order valence-electron chi connectivity index (χ0n) is 12.2. The summed E-state index contributed by atoms with van der Waals surface area (Å²) in [6.07, 6.45) is 0.496. The minimum Gasteiger partial charge on any atom is -0.468 e. The van der Waals surface area contributed by atoms with Gasteiger partial charge in [0.2, 0.25) is 10.0 Å². The van der Waals surface area contributed by atoms with E-state index in [1.54, 1.807) is 18.2 Å². The molecule has 0 bridgehead atoms. The van der Waals surface area contributed by atoms with Crippen molar-refractivity contribution in [1.29, 1.82) is 0 Å². The molecule has 0 aliphatic carbocycles. The molecule has 0 radical (unpaired) electrons. The van der Waals surface area contributed by atoms with E-state index in [1.165, 1.54) is 13.2 Å². The molecule has 2 aromatic rings. The lowest BCUT2D eigenvalue weighted by atomic mass is 10.1. The van der Waals surface area contributed by atoms with E-state index in [0.717, 1.165) is 5.56 Å². The lowest BCUT2D eigenvalue weighted by Crippen LogP contribution is -2.30. The molecule has 2 rings (SSSR count). The Morgan fingerprint density at radius 3 is 2.36 bits per heavy atom. The summed E-state index contributed by atoms with van der Waals surface area (Å²) in [7, 11) is -2.56. The number of hydrogen-bond donors (Lipinski definition) is 1. The number of rotatable bonds is 6. The summed E-state index contributed by atoms with van der Waals surface area (Å²) in [5.41, 5.74) is 1.68. The van der Waals surface area contributed by atoms with Crippen LogP contribution in [0.15, 0.2) is 59.5 Å². The van der Waals surface area contributed by atoms with Crippen LogP contribution in [0.25, 0.3) is 0 Å². The third-order valence-electron chi connectivity index (χ3n) is 3.13. The van der Waals surface area contributed by atoms with Crippen LogP contribution in [0.3, 0.4) is 0 Å². The Bertz CT molecular complexity index is 742. The molecule has 5 nitrogen and oxygen atoms in total. The molecule has 22 heavy (non-hydrogen) atoms. The zero-order chi connectivity index (χ0) is 16.0. The number of benzene rings is 2. The Balaban J connectivity index is 2.26. The van der Waals surface area contributed by atoms with Gasteiger partial charge in [0.15, 0.2) is 0 Å². The summed E-state index contributed by atoms with van der Waals surface area (Å²) in [6, 6.07) is 16.3. The monoisotopic (exact) mass is 319 g/mol. The van der Waals surface area contributed by atoms with Crippen molar-refractivity contribution < 1.29 is 17.9 Å². The maximum Gasteiger partial charge on any atom is 0.320 e. The van der Waals surface area contributed by atoms with Gasteiger partial charge < -0.3 is 4.74 Å². The summed E-state index contributed by atoms with van der Waals surface area (Å²) in [5.74, 6) is -0.635. The van der Waals surface area contributed by atoms with Gasteiger partial charge >= 0.3 is 5.97 Å². The number of nitrogens with one attached hydrogen (secondary N) is 1. The van der Waals surface area contributed by atoms with E-state index in [4.69, 9.17) is 0 Å². The summed E-state index contributed by atoms with van der Waals surface area (Å²) in [6.45, 7) is -0.390. The summed E-state index contributed by atoms with van der Waals surface area (Å²) >= 11 is 0. The number of ether oxygens (including phenoxy) is 1. The van der Waals surface area contributed by atoms with Crippen LogP contribution in [0, 0.1) is 0 Å². The van der Waals surface area contributed by atoms with Gasteiger partial charge in [-0.3, -0.25) is 4.79 Å². The second-order valence-electron chi connectivity index (χ2n) is 4.67. The van der Waals surface area contributed by atoms with Gasteiger partial charge in [-0.15, -0.1) is 0 Å². The molecule has 0 aromatic heterocycles. The Kier molecular flexibility index (Phi) is 5.30. The van der Waals surface area contributed by atoms with Crippen molar-refractivity contribution in [2.75, 3.05) is 13.7 Å². The lowest BCUT2D eigenvalue weighted by Gasteiger charge is -2.11. The lowest BCUT2D eigenvalue weighted by molar-refractivity contribution is -0.139. The highest BCUT2D eigenvalue weighted by Gasteiger charge is 2.19. The van der Waals surface area contributed by atoms with Gasteiger partial charge in [-0.25, -0.2) is 8.42 Å². The molecule has 0 saturated carbocycles. The van der Waals surface area contributed by atoms with Gasteiger partial charge in [-0.1, -0.05) is 48.5 Å². The third kappa shape index (κ3) is 4.16. The van der Waals surface area contributed by atoms with Crippen LogP contribution in [0.2, 0.25) is 0 Å². The van der Waals surface area contributed by atoms with Crippen LogP contribution in [-0.4, -0.2) is 28.0 Å². The molecule has 6 heteroatoms. The second-order valence-corrected chi connectivity index (χ2v) is 6.41. The van der Waals surface area contributed by atoms with Crippen LogP contribution >= 0.6 is 0 Å². The summed E-state index contributed by atoms with van der Waals surface area (Å²) in [5, 5.41) is 0. The third-order valence-corrected chi connectivity index (χ3v) is 4.64. The van der Waals surface area contributed by atoms with E-state index in [1.807, 2.05) is 30.3 Å². The van der Waals surface area contributed by atoms with E-state index in [-0.39, 0.29) is 4.90 Å². The van der Waals surface area contributed by atoms with Crippen molar-refractivity contribution in [3.8, 4) is 0 Å². The number of methoxy groups -OCH3 is 1. The number of sulfonamides is 1. The van der Waals surface area contributed by atoms with Gasteiger partial charge in [0.05, 0.1) is 12.0 Å². The van der Waals surface area contributed by atoms with Crippen LogP contribution < -0.4 is 4.72 Å². The maximum absolute atomic E-state index is 12.3. The minimum absolute atomic E-state index is 0.169. The fourth-order valence-corrected chi connectivity index (χ4v) is 3.24. The molecule has 0 aliphatic rings. The first kappa shape index (κ1) is 16.2. The largest absolute Gasteiger partial charge is 0.468 e. The average molecular weight is 319 g/mol. The van der Waals surface area contributed by atoms with Crippen LogP contribution in [0.4, 0.5) is 0 Å². The number of hydrogen-bond acceptors (Lipinski definition) is 4. The number of carbonyl (C=O) groups is 1. The van der Waals surface area contributed by atoms with E-state index in [2.05, 4.69) is 9.46 Å². The van der Waals surface area contributed by atoms with Crippen molar-refractivity contribution in [1.82, 2.24) is 4.72 Å². The normalized spacial score (nSPS) is 11.1. The highest BCUT2D eigenvalue weighted by atomic mass is 32.2. The van der Waals surface area contributed by atoms with Gasteiger partial charge in [-0.05, 0) is 23.6 Å². The van der Waals surface area contributed by atoms with Gasteiger partial charge in [0.1, 0.15) is 6.54 Å². The molecule has 0 unspecified atom stereocenters. The van der Waals surface area contributed by atoms with Crippen molar-refractivity contribution in [2.24, 2.45) is 0 Å². The molecule has 1 N–H and O–H groups in total. The van der Waals surface area contributed by atoms with E-state index in [9.17, 15) is 13.2 Å². The number of esters is 1. The molecule has 0 amide bonds. The highest BCUT2D eigenvalue weighted by Crippen LogP contribution is 2.18. The first-order chi connectivity index (χ1) is 10.5. The quantitative estimate of drug-likeness (QED) is 0.823. The fraction of sp³-hybridized carbons (Fsp3) is 0.188. The van der Waals surface area contributed by atoms with E-state index < -0.39 is 22.5 Å². The molecular formula is C16H17NO4S. The molecule has 2 aromatic carbocycles. The van der Waals surface area contributed by atoms with Crippen LogP contribution in [-0.2, 0) is 26.0 Å². The molecule has 0 fully saturated rings. The second kappa shape index (κ2) is 7.20. The smallest absolute Gasteiger partial charge is 0.320 e. The summed E-state index contributed by atoms with van der Waals surface area (Å²) in [4.78, 5) is 11.3. The molecule has 0 atom stereocenters. The molecule has 0 spiro atoms. The molecular weight excluding hydrogens is 302 g/mol. The molecule has 116 valence electrons. The fourth-order valence-electron chi connectivity index (χ4n) is 2.03. The minimum atomic E-state index is -3.77. The van der Waals surface area contributed by atoms with Gasteiger partial charge in [0.25, 0.3) is 0 Å². The predicted octanol–water partition coefficient (Wildman–Crippen LogP) is 1.73. The van der Waals surface area contributed by atoms with Crippen molar-refractivity contribution >= 4 is 16.0 Å². The molecule has 0 aliphatic heterocycles. The maximum atomic E-state index is 12.3. The van der Waals surface area contributed by atoms with Crippen LogP contribution in [0.5, 0.6) is 0 Å². The van der Waals surface area contributed by atoms with Crippen molar-refractivity contribution in [3.63, 3.8) is 0 Å². The summed E-state index contributed by atoms with van der Waals surface area (Å²) < 4.78 is 31.4. The van der Waals surface area contributed by atoms with Gasteiger partial charge in [-0.2, -0.15) is 4.72 Å². The number of carbonyl (C=O) groups excluding carboxylic acids is 1. The first-order valence-electron chi connectivity index (χ1n) is 6.71. The van der Waals surface area contributed by atoms with Crippen molar-refractivity contribution in [3.05, 3.63) is 65.7 Å².